The zero-order chi connectivity index (χ0) is 10.6. The van der Waals surface area contributed by atoms with Gasteiger partial charge in [0.05, 0.1) is 17.1 Å². The molecule has 0 unspecified atom stereocenters. The Morgan fingerprint density at radius 1 is 1.57 bits per heavy atom. The van der Waals surface area contributed by atoms with E-state index in [2.05, 4.69) is 0 Å². The standard InChI is InChI=1S/C9H10FNO3/c1-2-14-6-7-8(10)4-3-5-9(7)11(12)13/h3-5H,2,6H2,1H3. The Balaban J connectivity index is 3.02. The van der Waals surface area contributed by atoms with Gasteiger partial charge in [0.2, 0.25) is 0 Å². The second kappa shape index (κ2) is 4.66. The minimum atomic E-state index is -0.614. The molecule has 5 heteroatoms. The fourth-order valence-corrected chi connectivity index (χ4v) is 1.07. The molecule has 0 aliphatic rings. The molecule has 1 aromatic rings. The van der Waals surface area contributed by atoms with Crippen LogP contribution in [0, 0.1) is 15.9 Å². The Kier molecular flexibility index (Phi) is 3.53. The molecule has 0 aliphatic heterocycles. The summed E-state index contributed by atoms with van der Waals surface area (Å²) in [5.74, 6) is -0.604. The van der Waals surface area contributed by atoms with Crippen molar-refractivity contribution in [3.05, 3.63) is 39.7 Å². The quantitative estimate of drug-likeness (QED) is 0.552. The third-order valence-electron chi connectivity index (χ3n) is 1.74. The first-order valence-corrected chi connectivity index (χ1v) is 4.16. The maximum atomic E-state index is 13.1. The van der Waals surface area contributed by atoms with E-state index in [-0.39, 0.29) is 17.9 Å². The van der Waals surface area contributed by atoms with Crippen LogP contribution in [0.15, 0.2) is 18.2 Å². The smallest absolute Gasteiger partial charge is 0.277 e. The van der Waals surface area contributed by atoms with Gasteiger partial charge >= 0.3 is 0 Å². The van der Waals surface area contributed by atoms with Gasteiger partial charge in [0.25, 0.3) is 5.69 Å². The van der Waals surface area contributed by atoms with Gasteiger partial charge in [-0.05, 0) is 13.0 Å². The van der Waals surface area contributed by atoms with E-state index in [1.807, 2.05) is 0 Å². The molecule has 0 saturated heterocycles. The molecule has 1 aromatic carbocycles. The number of ether oxygens (including phenoxy) is 1. The van der Waals surface area contributed by atoms with E-state index in [0.717, 1.165) is 0 Å². The Hall–Kier alpha value is -1.49. The lowest BCUT2D eigenvalue weighted by molar-refractivity contribution is -0.386. The highest BCUT2D eigenvalue weighted by molar-refractivity contribution is 5.40. The van der Waals surface area contributed by atoms with Crippen molar-refractivity contribution in [2.24, 2.45) is 0 Å². The van der Waals surface area contributed by atoms with Crippen molar-refractivity contribution in [3.63, 3.8) is 0 Å². The van der Waals surface area contributed by atoms with Crippen molar-refractivity contribution in [2.45, 2.75) is 13.5 Å². The van der Waals surface area contributed by atoms with Crippen LogP contribution >= 0.6 is 0 Å². The number of nitro groups is 1. The Morgan fingerprint density at radius 2 is 2.29 bits per heavy atom. The van der Waals surface area contributed by atoms with Crippen LogP contribution in [0.5, 0.6) is 0 Å². The molecule has 76 valence electrons. The number of hydrogen-bond acceptors (Lipinski definition) is 3. The van der Waals surface area contributed by atoms with Crippen LogP contribution in [0.1, 0.15) is 12.5 Å². The normalized spacial score (nSPS) is 10.1. The predicted molar refractivity (Wildman–Crippen MR) is 48.4 cm³/mol. The van der Waals surface area contributed by atoms with Crippen LogP contribution in [0.2, 0.25) is 0 Å². The van der Waals surface area contributed by atoms with Gasteiger partial charge in [-0.25, -0.2) is 4.39 Å². The number of hydrogen-bond donors (Lipinski definition) is 0. The van der Waals surface area contributed by atoms with Gasteiger partial charge < -0.3 is 4.74 Å². The molecule has 0 atom stereocenters. The van der Waals surface area contributed by atoms with Crippen molar-refractivity contribution in [1.29, 1.82) is 0 Å². The van der Waals surface area contributed by atoms with E-state index in [9.17, 15) is 14.5 Å². The zero-order valence-corrected chi connectivity index (χ0v) is 7.70. The van der Waals surface area contributed by atoms with E-state index >= 15 is 0 Å². The van der Waals surface area contributed by atoms with E-state index in [1.54, 1.807) is 6.92 Å². The lowest BCUT2D eigenvalue weighted by atomic mass is 10.2. The lowest BCUT2D eigenvalue weighted by Crippen LogP contribution is -2.01. The van der Waals surface area contributed by atoms with Crippen LogP contribution in [-0.4, -0.2) is 11.5 Å². The van der Waals surface area contributed by atoms with Crippen molar-refractivity contribution in [1.82, 2.24) is 0 Å². The minimum Gasteiger partial charge on any atom is -0.377 e. The van der Waals surface area contributed by atoms with Gasteiger partial charge in [0, 0.05) is 12.7 Å². The average molecular weight is 199 g/mol. The summed E-state index contributed by atoms with van der Waals surface area (Å²) < 4.78 is 18.1. The van der Waals surface area contributed by atoms with E-state index in [1.165, 1.54) is 18.2 Å². The molecule has 0 saturated carbocycles. The molecule has 0 spiro atoms. The predicted octanol–water partition coefficient (Wildman–Crippen LogP) is 2.27. The van der Waals surface area contributed by atoms with Gasteiger partial charge in [0.15, 0.2) is 0 Å². The maximum Gasteiger partial charge on any atom is 0.277 e. The van der Waals surface area contributed by atoms with Crippen LogP contribution in [0.25, 0.3) is 0 Å². The third kappa shape index (κ3) is 2.26. The molecule has 14 heavy (non-hydrogen) atoms. The van der Waals surface area contributed by atoms with E-state index in [4.69, 9.17) is 4.74 Å². The lowest BCUT2D eigenvalue weighted by Gasteiger charge is -2.03. The molecule has 1 rings (SSSR count). The molecule has 4 nitrogen and oxygen atoms in total. The summed E-state index contributed by atoms with van der Waals surface area (Å²) in [7, 11) is 0. The number of halogens is 1. The summed E-state index contributed by atoms with van der Waals surface area (Å²) in [6, 6.07) is 3.75. The Bertz CT molecular complexity index is 341. The maximum absolute atomic E-state index is 13.1. The number of rotatable bonds is 4. The first-order valence-electron chi connectivity index (χ1n) is 4.16. The topological polar surface area (TPSA) is 52.4 Å². The first kappa shape index (κ1) is 10.6. The zero-order valence-electron chi connectivity index (χ0n) is 7.70. The van der Waals surface area contributed by atoms with Gasteiger partial charge in [0.1, 0.15) is 5.82 Å². The molecule has 0 amide bonds. The molecular weight excluding hydrogens is 189 g/mol. The third-order valence-corrected chi connectivity index (χ3v) is 1.74. The SMILES string of the molecule is CCOCc1c(F)cccc1[N+](=O)[O-]. The second-order valence-electron chi connectivity index (χ2n) is 2.63. The van der Waals surface area contributed by atoms with Crippen molar-refractivity contribution < 1.29 is 14.1 Å². The first-order chi connectivity index (χ1) is 6.66. The largest absolute Gasteiger partial charge is 0.377 e. The summed E-state index contributed by atoms with van der Waals surface area (Å²) in [5.41, 5.74) is -0.238. The molecule has 0 bridgehead atoms. The summed E-state index contributed by atoms with van der Waals surface area (Å²) in [6.45, 7) is 2.07. The molecule has 0 radical (unpaired) electrons. The Labute approximate surface area is 80.5 Å². The molecular formula is C9H10FNO3. The summed E-state index contributed by atoms with van der Waals surface area (Å²) in [5, 5.41) is 10.5. The molecule has 0 aliphatic carbocycles. The fraction of sp³-hybridized carbons (Fsp3) is 0.333. The van der Waals surface area contributed by atoms with Crippen LogP contribution in [0.3, 0.4) is 0 Å². The number of benzene rings is 1. The van der Waals surface area contributed by atoms with E-state index in [0.29, 0.717) is 6.61 Å². The molecule has 0 heterocycles. The van der Waals surface area contributed by atoms with Crippen molar-refractivity contribution >= 4 is 5.69 Å². The molecule has 0 N–H and O–H groups in total. The van der Waals surface area contributed by atoms with Gasteiger partial charge in [-0.2, -0.15) is 0 Å². The fourth-order valence-electron chi connectivity index (χ4n) is 1.07. The van der Waals surface area contributed by atoms with Gasteiger partial charge in [-0.1, -0.05) is 6.07 Å². The van der Waals surface area contributed by atoms with Crippen molar-refractivity contribution in [2.75, 3.05) is 6.61 Å². The van der Waals surface area contributed by atoms with Gasteiger partial charge in [-0.3, -0.25) is 10.1 Å². The van der Waals surface area contributed by atoms with Gasteiger partial charge in [-0.15, -0.1) is 0 Å². The highest BCUT2D eigenvalue weighted by Crippen LogP contribution is 2.21. The van der Waals surface area contributed by atoms with E-state index < -0.39 is 10.7 Å². The highest BCUT2D eigenvalue weighted by atomic mass is 19.1. The summed E-state index contributed by atoms with van der Waals surface area (Å²) >= 11 is 0. The minimum absolute atomic E-state index is 0.000602. The summed E-state index contributed by atoms with van der Waals surface area (Å²) in [4.78, 5) is 9.91. The van der Waals surface area contributed by atoms with Crippen LogP contribution in [-0.2, 0) is 11.3 Å². The Morgan fingerprint density at radius 3 is 2.86 bits per heavy atom. The average Bonchev–Trinajstić information content (AvgIpc) is 2.15. The van der Waals surface area contributed by atoms with Crippen molar-refractivity contribution in [3.8, 4) is 0 Å². The summed E-state index contributed by atoms with van der Waals surface area (Å²) in [6.07, 6.45) is 0. The number of nitrogens with zero attached hydrogens (tertiary/aromatic N) is 1. The monoisotopic (exact) mass is 199 g/mol. The van der Waals surface area contributed by atoms with Crippen LogP contribution < -0.4 is 0 Å². The second-order valence-corrected chi connectivity index (χ2v) is 2.63. The number of nitro benzene ring substituents is 1. The molecule has 0 aromatic heterocycles. The van der Waals surface area contributed by atoms with Crippen LogP contribution in [0.4, 0.5) is 10.1 Å². The highest BCUT2D eigenvalue weighted by Gasteiger charge is 2.16. The molecule has 0 fully saturated rings.